The number of aromatic amines is 1. The van der Waals surface area contributed by atoms with Crippen molar-refractivity contribution in [2.24, 2.45) is 0 Å². The summed E-state index contributed by atoms with van der Waals surface area (Å²) in [5.41, 5.74) is 1.07. The van der Waals surface area contributed by atoms with Crippen molar-refractivity contribution in [1.82, 2.24) is 10.2 Å². The number of carbonyl (C=O) groups excluding carboxylic acids is 1. The summed E-state index contributed by atoms with van der Waals surface area (Å²) in [6.07, 6.45) is 0. The molecule has 1 aromatic heterocycles. The van der Waals surface area contributed by atoms with E-state index < -0.39 is 5.56 Å². The van der Waals surface area contributed by atoms with E-state index in [1.165, 1.54) is 13.0 Å². The van der Waals surface area contributed by atoms with Crippen molar-refractivity contribution in [1.29, 1.82) is 0 Å². The Kier molecular flexibility index (Phi) is 3.43. The molecule has 0 aliphatic heterocycles. The minimum Gasteiger partial charge on any atom is -0.322 e. The predicted octanol–water partition coefficient (Wildman–Crippen LogP) is 2.05. The minimum atomic E-state index is -0.442. The van der Waals surface area contributed by atoms with Gasteiger partial charge in [0.2, 0.25) is 5.91 Å². The molecule has 18 heavy (non-hydrogen) atoms. The third-order valence-electron chi connectivity index (χ3n) is 2.25. The molecule has 5 nitrogen and oxygen atoms in total. The molecule has 0 radical (unpaired) electrons. The SMILES string of the molecule is CC(=O)Nc1cc(-c2ccc(Cl)cc2)n[nH]c1=O. The molecule has 2 rings (SSSR count). The molecule has 0 aliphatic rings. The van der Waals surface area contributed by atoms with Crippen molar-refractivity contribution < 1.29 is 4.79 Å². The molecule has 1 amide bonds. The van der Waals surface area contributed by atoms with E-state index in [1.807, 2.05) is 0 Å². The number of rotatable bonds is 2. The van der Waals surface area contributed by atoms with Crippen LogP contribution >= 0.6 is 11.6 Å². The Bertz CT molecular complexity index is 635. The second-order valence-corrected chi connectivity index (χ2v) is 4.12. The molecule has 0 bridgehead atoms. The van der Waals surface area contributed by atoms with Crippen LogP contribution in [0.4, 0.5) is 5.69 Å². The van der Waals surface area contributed by atoms with Crippen LogP contribution in [0.1, 0.15) is 6.92 Å². The topological polar surface area (TPSA) is 74.8 Å². The third-order valence-corrected chi connectivity index (χ3v) is 2.51. The predicted molar refractivity (Wildman–Crippen MR) is 69.6 cm³/mol. The maximum atomic E-state index is 11.4. The van der Waals surface area contributed by atoms with Crippen molar-refractivity contribution >= 4 is 23.2 Å². The number of hydrogen-bond donors (Lipinski definition) is 2. The molecule has 0 unspecified atom stereocenters. The van der Waals surface area contributed by atoms with E-state index in [0.29, 0.717) is 10.7 Å². The first-order chi connectivity index (χ1) is 8.56. The Morgan fingerprint density at radius 1 is 1.33 bits per heavy atom. The first kappa shape index (κ1) is 12.3. The van der Waals surface area contributed by atoms with Crippen molar-refractivity contribution in [3.05, 3.63) is 45.7 Å². The normalized spacial score (nSPS) is 10.1. The summed E-state index contributed by atoms with van der Waals surface area (Å²) < 4.78 is 0. The standard InChI is InChI=1S/C12H10ClN3O2/c1-7(17)14-11-6-10(15-16-12(11)18)8-2-4-9(13)5-3-8/h2-6H,1H3,(H,16,18)(H,14,15,17). The highest BCUT2D eigenvalue weighted by atomic mass is 35.5. The van der Waals surface area contributed by atoms with Crippen LogP contribution in [0.5, 0.6) is 0 Å². The smallest absolute Gasteiger partial charge is 0.287 e. The largest absolute Gasteiger partial charge is 0.322 e. The fraction of sp³-hybridized carbons (Fsp3) is 0.0833. The lowest BCUT2D eigenvalue weighted by Crippen LogP contribution is -2.18. The number of carbonyl (C=O) groups is 1. The summed E-state index contributed by atoms with van der Waals surface area (Å²) in [4.78, 5) is 22.4. The van der Waals surface area contributed by atoms with Gasteiger partial charge in [0.25, 0.3) is 5.56 Å². The van der Waals surface area contributed by atoms with Crippen LogP contribution in [0.15, 0.2) is 35.1 Å². The summed E-state index contributed by atoms with van der Waals surface area (Å²) in [5, 5.41) is 9.31. The Labute approximate surface area is 108 Å². The van der Waals surface area contributed by atoms with Gasteiger partial charge in [-0.05, 0) is 18.2 Å². The maximum Gasteiger partial charge on any atom is 0.287 e. The zero-order chi connectivity index (χ0) is 13.1. The number of anilines is 1. The Balaban J connectivity index is 2.43. The average Bonchev–Trinajstić information content (AvgIpc) is 2.32. The molecular formula is C12H10ClN3O2. The molecule has 2 aromatic rings. The maximum absolute atomic E-state index is 11.4. The van der Waals surface area contributed by atoms with Crippen LogP contribution in [-0.2, 0) is 4.79 Å². The second kappa shape index (κ2) is 5.01. The Morgan fingerprint density at radius 3 is 2.61 bits per heavy atom. The van der Waals surface area contributed by atoms with E-state index >= 15 is 0 Å². The molecule has 2 N–H and O–H groups in total. The summed E-state index contributed by atoms with van der Waals surface area (Å²) in [7, 11) is 0. The number of nitrogens with one attached hydrogen (secondary N) is 2. The number of aromatic nitrogens is 2. The van der Waals surface area contributed by atoms with Crippen LogP contribution in [0.3, 0.4) is 0 Å². The van der Waals surface area contributed by atoms with Gasteiger partial charge in [-0.1, -0.05) is 23.7 Å². The molecule has 0 saturated heterocycles. The third kappa shape index (κ3) is 2.75. The highest BCUT2D eigenvalue weighted by Crippen LogP contribution is 2.19. The van der Waals surface area contributed by atoms with Crippen LogP contribution in [0.25, 0.3) is 11.3 Å². The number of nitrogens with zero attached hydrogens (tertiary/aromatic N) is 1. The molecule has 0 atom stereocenters. The molecule has 0 saturated carbocycles. The number of halogens is 1. The van der Waals surface area contributed by atoms with Crippen LogP contribution < -0.4 is 10.9 Å². The summed E-state index contributed by atoms with van der Waals surface area (Å²) in [6, 6.07) is 8.52. The molecule has 0 aliphatic carbocycles. The van der Waals surface area contributed by atoms with E-state index in [0.717, 1.165) is 5.56 Å². The summed E-state index contributed by atoms with van der Waals surface area (Å²) in [6.45, 7) is 1.34. The lowest BCUT2D eigenvalue weighted by molar-refractivity contribution is -0.114. The average molecular weight is 264 g/mol. The molecule has 1 aromatic carbocycles. The van der Waals surface area contributed by atoms with Gasteiger partial charge in [0, 0.05) is 17.5 Å². The Hall–Kier alpha value is -2.14. The lowest BCUT2D eigenvalue weighted by atomic mass is 10.1. The first-order valence-electron chi connectivity index (χ1n) is 5.19. The molecule has 6 heteroatoms. The van der Waals surface area contributed by atoms with Crippen molar-refractivity contribution in [2.45, 2.75) is 6.92 Å². The van der Waals surface area contributed by atoms with Crippen LogP contribution in [0, 0.1) is 0 Å². The van der Waals surface area contributed by atoms with E-state index in [1.54, 1.807) is 24.3 Å². The highest BCUT2D eigenvalue weighted by molar-refractivity contribution is 6.30. The van der Waals surface area contributed by atoms with Crippen LogP contribution in [-0.4, -0.2) is 16.1 Å². The van der Waals surface area contributed by atoms with Gasteiger partial charge in [0.15, 0.2) is 0 Å². The first-order valence-corrected chi connectivity index (χ1v) is 5.57. The van der Waals surface area contributed by atoms with Crippen LogP contribution in [0.2, 0.25) is 5.02 Å². The zero-order valence-electron chi connectivity index (χ0n) is 9.53. The van der Waals surface area contributed by atoms with Gasteiger partial charge in [0.05, 0.1) is 5.69 Å². The molecule has 0 fully saturated rings. The number of hydrogen-bond acceptors (Lipinski definition) is 3. The zero-order valence-corrected chi connectivity index (χ0v) is 10.3. The van der Waals surface area contributed by atoms with Gasteiger partial charge in [-0.15, -0.1) is 0 Å². The van der Waals surface area contributed by atoms with Crippen molar-refractivity contribution in [2.75, 3.05) is 5.32 Å². The molecule has 0 spiro atoms. The fourth-order valence-corrected chi connectivity index (χ4v) is 1.58. The van der Waals surface area contributed by atoms with Gasteiger partial charge in [-0.3, -0.25) is 9.59 Å². The Morgan fingerprint density at radius 2 is 2.00 bits per heavy atom. The second-order valence-electron chi connectivity index (χ2n) is 3.68. The van der Waals surface area contributed by atoms with E-state index in [-0.39, 0.29) is 11.6 Å². The molecular weight excluding hydrogens is 254 g/mol. The van der Waals surface area contributed by atoms with E-state index in [9.17, 15) is 9.59 Å². The van der Waals surface area contributed by atoms with Gasteiger partial charge in [0.1, 0.15) is 5.69 Å². The van der Waals surface area contributed by atoms with Crippen molar-refractivity contribution in [3.8, 4) is 11.3 Å². The van der Waals surface area contributed by atoms with E-state index in [4.69, 9.17) is 11.6 Å². The summed E-state index contributed by atoms with van der Waals surface area (Å²) >= 11 is 5.79. The quantitative estimate of drug-likeness (QED) is 0.871. The van der Waals surface area contributed by atoms with Gasteiger partial charge in [-0.25, -0.2) is 5.10 Å². The number of amides is 1. The van der Waals surface area contributed by atoms with E-state index in [2.05, 4.69) is 15.5 Å². The molecule has 1 heterocycles. The lowest BCUT2D eigenvalue weighted by Gasteiger charge is -2.04. The summed E-state index contributed by atoms with van der Waals surface area (Å²) in [5.74, 6) is -0.311. The van der Waals surface area contributed by atoms with Crippen molar-refractivity contribution in [3.63, 3.8) is 0 Å². The van der Waals surface area contributed by atoms with Gasteiger partial charge in [-0.2, -0.15) is 5.10 Å². The fourth-order valence-electron chi connectivity index (χ4n) is 1.46. The number of benzene rings is 1. The monoisotopic (exact) mass is 263 g/mol. The number of H-pyrrole nitrogens is 1. The van der Waals surface area contributed by atoms with Gasteiger partial charge < -0.3 is 5.32 Å². The van der Waals surface area contributed by atoms with Gasteiger partial charge >= 0.3 is 0 Å². The minimum absolute atomic E-state index is 0.169. The highest BCUT2D eigenvalue weighted by Gasteiger charge is 2.06. The molecule has 92 valence electrons.